The summed E-state index contributed by atoms with van der Waals surface area (Å²) in [6, 6.07) is 9.76. The quantitative estimate of drug-likeness (QED) is 0.167. The third-order valence-electron chi connectivity index (χ3n) is 4.79. The van der Waals surface area contributed by atoms with Crippen molar-refractivity contribution in [2.45, 2.75) is 10.5 Å². The van der Waals surface area contributed by atoms with Gasteiger partial charge < -0.3 is 32.1 Å². The van der Waals surface area contributed by atoms with E-state index in [-0.39, 0.29) is 52.6 Å². The van der Waals surface area contributed by atoms with Crippen LogP contribution in [0.3, 0.4) is 0 Å². The molecule has 0 bridgehead atoms. The van der Waals surface area contributed by atoms with Gasteiger partial charge in [-0.05, 0) is 30.3 Å². The van der Waals surface area contributed by atoms with Gasteiger partial charge in [0.1, 0.15) is 4.90 Å². The standard InChI is InChI=1S/C19H14O9S.Na.H/c20-12-7-5-10(15(22)17(12)24)19(11-6-8-13(21)18(25)16(11)23)9-3-1-2-4-14(9)29(26,27)28-19;;/h1-8,20-25H;;/q;+1;-1. The summed E-state index contributed by atoms with van der Waals surface area (Å²) in [5, 5.41) is 60.3. The Hall–Kier alpha value is -2.63. The molecular formula is C19H15NaO9S. The largest absolute Gasteiger partial charge is 1.00 e. The molecule has 0 amide bonds. The smallest absolute Gasteiger partial charge is 1.00 e. The van der Waals surface area contributed by atoms with Crippen molar-refractivity contribution in [1.82, 2.24) is 0 Å². The van der Waals surface area contributed by atoms with E-state index in [4.69, 9.17) is 4.18 Å². The summed E-state index contributed by atoms with van der Waals surface area (Å²) in [6.45, 7) is 0. The fraction of sp³-hybridized carbons (Fsp3) is 0.0526. The van der Waals surface area contributed by atoms with Crippen LogP contribution in [0.2, 0.25) is 0 Å². The van der Waals surface area contributed by atoms with E-state index < -0.39 is 50.2 Å². The first-order valence-corrected chi connectivity index (χ1v) is 9.56. The van der Waals surface area contributed by atoms with Gasteiger partial charge >= 0.3 is 29.6 Å². The van der Waals surface area contributed by atoms with Crippen LogP contribution in [0, 0.1) is 0 Å². The number of phenols is 6. The second-order valence-corrected chi connectivity index (χ2v) is 7.89. The molecule has 3 aromatic rings. The van der Waals surface area contributed by atoms with Crippen LogP contribution in [0.25, 0.3) is 0 Å². The minimum atomic E-state index is -4.40. The van der Waals surface area contributed by atoms with E-state index in [1.54, 1.807) is 0 Å². The van der Waals surface area contributed by atoms with E-state index in [9.17, 15) is 39.1 Å². The first-order chi connectivity index (χ1) is 13.6. The maximum Gasteiger partial charge on any atom is 1.00 e. The van der Waals surface area contributed by atoms with Gasteiger partial charge in [0.2, 0.25) is 11.5 Å². The Morgan fingerprint density at radius 3 is 1.63 bits per heavy atom. The number of rotatable bonds is 2. The normalized spacial score (nSPS) is 15.9. The maximum absolute atomic E-state index is 12.7. The van der Waals surface area contributed by atoms with Gasteiger partial charge in [-0.2, -0.15) is 8.42 Å². The molecule has 3 aromatic carbocycles. The molecule has 0 aromatic heterocycles. The fourth-order valence-electron chi connectivity index (χ4n) is 3.46. The molecule has 0 saturated carbocycles. The first kappa shape index (κ1) is 22.1. The zero-order valence-corrected chi connectivity index (χ0v) is 18.3. The summed E-state index contributed by atoms with van der Waals surface area (Å²) in [5.74, 6) is -5.01. The van der Waals surface area contributed by atoms with Gasteiger partial charge in [0.05, 0.1) is 0 Å². The average Bonchev–Trinajstić information content (AvgIpc) is 2.93. The fourth-order valence-corrected chi connectivity index (χ4v) is 4.88. The van der Waals surface area contributed by atoms with E-state index in [1.165, 1.54) is 24.3 Å². The van der Waals surface area contributed by atoms with Crippen molar-refractivity contribution in [3.8, 4) is 34.5 Å². The molecular weight excluding hydrogens is 427 g/mol. The van der Waals surface area contributed by atoms with Gasteiger partial charge in [0.15, 0.2) is 28.6 Å². The van der Waals surface area contributed by atoms with Crippen molar-refractivity contribution in [2.75, 3.05) is 0 Å². The third kappa shape index (κ3) is 2.88. The summed E-state index contributed by atoms with van der Waals surface area (Å²) in [5.41, 5.74) is -2.93. The molecule has 1 aliphatic rings. The van der Waals surface area contributed by atoms with Crippen LogP contribution in [0.4, 0.5) is 0 Å². The molecule has 6 N–H and O–H groups in total. The van der Waals surface area contributed by atoms with Gasteiger partial charge in [0, 0.05) is 16.7 Å². The Morgan fingerprint density at radius 1 is 0.667 bits per heavy atom. The van der Waals surface area contributed by atoms with Crippen LogP contribution in [-0.4, -0.2) is 39.1 Å². The van der Waals surface area contributed by atoms with Crippen molar-refractivity contribution in [3.05, 3.63) is 65.2 Å². The predicted molar refractivity (Wildman–Crippen MR) is 98.6 cm³/mol. The minimum absolute atomic E-state index is 0. The van der Waals surface area contributed by atoms with Gasteiger partial charge in [-0.3, -0.25) is 0 Å². The third-order valence-corrected chi connectivity index (χ3v) is 6.15. The topological polar surface area (TPSA) is 165 Å². The number of aromatic hydroxyl groups is 6. The summed E-state index contributed by atoms with van der Waals surface area (Å²) in [7, 11) is -4.40. The van der Waals surface area contributed by atoms with Crippen LogP contribution in [-0.2, 0) is 19.9 Å². The van der Waals surface area contributed by atoms with Crippen LogP contribution in [0.1, 0.15) is 18.1 Å². The molecule has 0 spiro atoms. The SMILES string of the molecule is O=S1(=O)OC(c2ccc(O)c(O)c2O)(c2ccc(O)c(O)c2O)c2ccccc21.[H-].[Na+]. The van der Waals surface area contributed by atoms with Gasteiger partial charge in [-0.15, -0.1) is 0 Å². The maximum atomic E-state index is 12.7. The van der Waals surface area contributed by atoms with Crippen molar-refractivity contribution in [1.29, 1.82) is 0 Å². The number of fused-ring (bicyclic) bond motifs is 1. The summed E-state index contributed by atoms with van der Waals surface area (Å²) in [4.78, 5) is -0.265. The predicted octanol–water partition coefficient (Wildman–Crippen LogP) is -0.953. The first-order valence-electron chi connectivity index (χ1n) is 8.15. The molecule has 9 nitrogen and oxygen atoms in total. The molecule has 0 saturated heterocycles. The van der Waals surface area contributed by atoms with Crippen LogP contribution in [0.15, 0.2) is 53.4 Å². The minimum Gasteiger partial charge on any atom is -1.00 e. The van der Waals surface area contributed by atoms with Gasteiger partial charge in [-0.25, -0.2) is 4.18 Å². The van der Waals surface area contributed by atoms with E-state index >= 15 is 0 Å². The van der Waals surface area contributed by atoms with Gasteiger partial charge in [-0.1, -0.05) is 18.2 Å². The average molecular weight is 442 g/mol. The van der Waals surface area contributed by atoms with Crippen LogP contribution < -0.4 is 29.6 Å². The van der Waals surface area contributed by atoms with Gasteiger partial charge in [0.25, 0.3) is 10.1 Å². The zero-order valence-electron chi connectivity index (χ0n) is 16.4. The van der Waals surface area contributed by atoms with E-state index in [0.29, 0.717) is 0 Å². The Balaban J connectivity index is 0.00000171. The van der Waals surface area contributed by atoms with Crippen molar-refractivity contribution in [2.24, 2.45) is 0 Å². The molecule has 0 aliphatic carbocycles. The molecule has 0 fully saturated rings. The van der Waals surface area contributed by atoms with E-state index in [0.717, 1.165) is 24.3 Å². The molecule has 30 heavy (non-hydrogen) atoms. The van der Waals surface area contributed by atoms with Crippen molar-refractivity contribution in [3.63, 3.8) is 0 Å². The van der Waals surface area contributed by atoms with E-state index in [1.807, 2.05) is 0 Å². The molecule has 4 rings (SSSR count). The van der Waals surface area contributed by atoms with Crippen LogP contribution in [0.5, 0.6) is 34.5 Å². The Labute approximate surface area is 194 Å². The van der Waals surface area contributed by atoms with E-state index in [2.05, 4.69) is 0 Å². The van der Waals surface area contributed by atoms with Crippen molar-refractivity contribution >= 4 is 10.1 Å². The molecule has 0 atom stereocenters. The summed E-state index contributed by atoms with van der Waals surface area (Å²) in [6.07, 6.45) is 0. The number of phenolic OH excluding ortho intramolecular Hbond substituents is 6. The number of hydrogen-bond donors (Lipinski definition) is 6. The summed E-state index contributed by atoms with van der Waals surface area (Å²) >= 11 is 0. The molecule has 0 unspecified atom stereocenters. The summed E-state index contributed by atoms with van der Waals surface area (Å²) < 4.78 is 30.9. The molecule has 152 valence electrons. The second kappa shape index (κ2) is 7.25. The Bertz CT molecular complexity index is 1220. The number of hydrogen-bond acceptors (Lipinski definition) is 9. The number of benzene rings is 3. The molecule has 11 heteroatoms. The Kier molecular flexibility index (Phi) is 5.34. The van der Waals surface area contributed by atoms with Crippen molar-refractivity contribution < 1.29 is 74.2 Å². The second-order valence-electron chi connectivity index (χ2n) is 6.37. The molecule has 1 heterocycles. The monoisotopic (exact) mass is 442 g/mol. The van der Waals surface area contributed by atoms with Crippen LogP contribution >= 0.6 is 0 Å². The molecule has 0 radical (unpaired) electrons. The zero-order chi connectivity index (χ0) is 21.1. The molecule has 1 aliphatic heterocycles. The Morgan fingerprint density at radius 2 is 1.13 bits per heavy atom.